The van der Waals surface area contributed by atoms with E-state index in [0.717, 1.165) is 11.3 Å². The number of hydrogen-bond donors (Lipinski definition) is 2. The molecule has 6 heteroatoms. The normalized spacial score (nSPS) is 12.4. The molecule has 20 heavy (non-hydrogen) atoms. The van der Waals surface area contributed by atoms with E-state index in [1.54, 1.807) is 17.4 Å². The number of anilines is 1. The number of nitrogens with zero attached hydrogens (tertiary/aromatic N) is 2. The lowest BCUT2D eigenvalue weighted by molar-refractivity contribution is 0.191. The summed E-state index contributed by atoms with van der Waals surface area (Å²) in [5, 5.41) is 16.9. The van der Waals surface area contributed by atoms with Crippen LogP contribution in [0.3, 0.4) is 0 Å². The Morgan fingerprint density at radius 1 is 1.40 bits per heavy atom. The molecular formula is C14H19N3O2S. The summed E-state index contributed by atoms with van der Waals surface area (Å²) in [5.41, 5.74) is 1.72. The maximum Gasteiger partial charge on any atom is 0.226 e. The van der Waals surface area contributed by atoms with Crippen LogP contribution in [0, 0.1) is 6.92 Å². The van der Waals surface area contributed by atoms with Crippen molar-refractivity contribution in [2.75, 3.05) is 11.9 Å². The number of ether oxygens (including phenoxy) is 1. The summed E-state index contributed by atoms with van der Waals surface area (Å²) >= 11 is 1.56. The summed E-state index contributed by atoms with van der Waals surface area (Å²) in [6.07, 6.45) is -0.506. The summed E-state index contributed by atoms with van der Waals surface area (Å²) in [5.74, 6) is 1.01. The van der Waals surface area contributed by atoms with Gasteiger partial charge in [-0.2, -0.15) is 16.3 Å². The highest BCUT2D eigenvalue weighted by molar-refractivity contribution is 7.07. The van der Waals surface area contributed by atoms with E-state index in [2.05, 4.69) is 15.3 Å². The fourth-order valence-electron chi connectivity index (χ4n) is 1.69. The standard InChI is InChI=1S/C14H19N3O2S/c1-9(2)19-13-6-10(3)16-14(17-13)15-7-12(18)11-4-5-20-8-11/h4-6,8-9,12,18H,7H2,1-3H3,(H,15,16,17). The molecule has 2 aromatic rings. The van der Waals surface area contributed by atoms with Gasteiger partial charge in [-0.3, -0.25) is 0 Å². The highest BCUT2D eigenvalue weighted by Gasteiger charge is 2.10. The first-order valence-electron chi connectivity index (χ1n) is 6.51. The summed E-state index contributed by atoms with van der Waals surface area (Å²) in [4.78, 5) is 8.56. The van der Waals surface area contributed by atoms with Crippen molar-refractivity contribution in [1.82, 2.24) is 9.97 Å². The maximum atomic E-state index is 10.0. The van der Waals surface area contributed by atoms with Crippen molar-refractivity contribution >= 4 is 17.3 Å². The molecule has 0 aliphatic carbocycles. The van der Waals surface area contributed by atoms with Crippen LogP contribution in [0.15, 0.2) is 22.9 Å². The molecule has 1 atom stereocenters. The quantitative estimate of drug-likeness (QED) is 0.857. The molecule has 0 aromatic carbocycles. The van der Waals surface area contributed by atoms with Gasteiger partial charge in [-0.25, -0.2) is 4.98 Å². The minimum Gasteiger partial charge on any atom is -0.475 e. The molecule has 0 aliphatic heterocycles. The largest absolute Gasteiger partial charge is 0.475 e. The number of aryl methyl sites for hydroxylation is 1. The molecule has 1 unspecified atom stereocenters. The Bertz CT molecular complexity index is 543. The summed E-state index contributed by atoms with van der Waals surface area (Å²) in [6, 6.07) is 3.70. The Kier molecular flexibility index (Phi) is 4.92. The molecule has 0 saturated heterocycles. The Hall–Kier alpha value is -1.66. The Morgan fingerprint density at radius 2 is 2.20 bits per heavy atom. The number of aromatic nitrogens is 2. The molecule has 2 aromatic heterocycles. The lowest BCUT2D eigenvalue weighted by atomic mass is 10.2. The first-order chi connectivity index (χ1) is 9.54. The predicted molar refractivity (Wildman–Crippen MR) is 80.3 cm³/mol. The van der Waals surface area contributed by atoms with Gasteiger partial charge in [-0.1, -0.05) is 0 Å². The zero-order chi connectivity index (χ0) is 14.5. The fourth-order valence-corrected chi connectivity index (χ4v) is 2.40. The summed E-state index contributed by atoms with van der Waals surface area (Å²) < 4.78 is 5.56. The molecule has 0 spiro atoms. The third-order valence-electron chi connectivity index (χ3n) is 2.57. The van der Waals surface area contributed by atoms with Crippen LogP contribution < -0.4 is 10.1 Å². The first-order valence-corrected chi connectivity index (χ1v) is 7.45. The summed E-state index contributed by atoms with van der Waals surface area (Å²) in [7, 11) is 0. The van der Waals surface area contributed by atoms with Crippen molar-refractivity contribution in [1.29, 1.82) is 0 Å². The van der Waals surface area contributed by atoms with Gasteiger partial charge in [0.05, 0.1) is 12.2 Å². The molecule has 0 aliphatic rings. The zero-order valence-corrected chi connectivity index (χ0v) is 12.6. The van der Waals surface area contributed by atoms with E-state index >= 15 is 0 Å². The highest BCUT2D eigenvalue weighted by Crippen LogP contribution is 2.18. The van der Waals surface area contributed by atoms with Gasteiger partial charge >= 0.3 is 0 Å². The van der Waals surface area contributed by atoms with E-state index in [0.29, 0.717) is 18.4 Å². The second-order valence-corrected chi connectivity index (χ2v) is 5.57. The Balaban J connectivity index is 2.00. The number of aliphatic hydroxyl groups is 1. The van der Waals surface area contributed by atoms with Crippen LogP contribution in [-0.2, 0) is 0 Å². The number of rotatable bonds is 6. The van der Waals surface area contributed by atoms with Crippen LogP contribution in [0.25, 0.3) is 0 Å². The molecule has 0 fully saturated rings. The van der Waals surface area contributed by atoms with Crippen LogP contribution in [-0.4, -0.2) is 27.7 Å². The van der Waals surface area contributed by atoms with Crippen molar-refractivity contribution in [2.24, 2.45) is 0 Å². The van der Waals surface area contributed by atoms with Crippen molar-refractivity contribution in [3.8, 4) is 5.88 Å². The molecule has 0 radical (unpaired) electrons. The topological polar surface area (TPSA) is 67.3 Å². The molecular weight excluding hydrogens is 274 g/mol. The number of hydrogen-bond acceptors (Lipinski definition) is 6. The van der Waals surface area contributed by atoms with Crippen molar-refractivity contribution in [3.05, 3.63) is 34.2 Å². The van der Waals surface area contributed by atoms with E-state index in [1.165, 1.54) is 0 Å². The van der Waals surface area contributed by atoms with Gasteiger partial charge < -0.3 is 15.2 Å². The van der Waals surface area contributed by atoms with Crippen molar-refractivity contribution in [3.63, 3.8) is 0 Å². The molecule has 5 nitrogen and oxygen atoms in total. The van der Waals surface area contributed by atoms with Crippen LogP contribution in [0.4, 0.5) is 5.95 Å². The molecule has 2 rings (SSSR count). The highest BCUT2D eigenvalue weighted by atomic mass is 32.1. The third kappa shape index (κ3) is 4.18. The van der Waals surface area contributed by atoms with E-state index in [-0.39, 0.29) is 6.10 Å². The Morgan fingerprint density at radius 3 is 2.85 bits per heavy atom. The molecule has 0 saturated carbocycles. The predicted octanol–water partition coefficient (Wildman–Crippen LogP) is 2.78. The van der Waals surface area contributed by atoms with Gasteiger partial charge in [-0.15, -0.1) is 0 Å². The lowest BCUT2D eigenvalue weighted by Gasteiger charge is -2.13. The van der Waals surface area contributed by atoms with Gasteiger partial charge in [-0.05, 0) is 43.2 Å². The van der Waals surface area contributed by atoms with E-state index in [9.17, 15) is 5.11 Å². The van der Waals surface area contributed by atoms with Gasteiger partial charge in [0.25, 0.3) is 0 Å². The van der Waals surface area contributed by atoms with Gasteiger partial charge in [0, 0.05) is 18.3 Å². The van der Waals surface area contributed by atoms with Gasteiger partial charge in [0.2, 0.25) is 11.8 Å². The minimum absolute atomic E-state index is 0.0635. The van der Waals surface area contributed by atoms with Crippen LogP contribution in [0.5, 0.6) is 5.88 Å². The average Bonchev–Trinajstić information content (AvgIpc) is 2.88. The van der Waals surface area contributed by atoms with Crippen molar-refractivity contribution < 1.29 is 9.84 Å². The molecule has 108 valence electrons. The van der Waals surface area contributed by atoms with Gasteiger partial charge in [0.15, 0.2) is 0 Å². The lowest BCUT2D eigenvalue weighted by Crippen LogP contribution is -2.15. The van der Waals surface area contributed by atoms with Gasteiger partial charge in [0.1, 0.15) is 0 Å². The number of nitrogens with one attached hydrogen (secondary N) is 1. The molecule has 0 bridgehead atoms. The second-order valence-electron chi connectivity index (χ2n) is 4.79. The second kappa shape index (κ2) is 6.67. The average molecular weight is 293 g/mol. The van der Waals surface area contributed by atoms with Crippen LogP contribution in [0.2, 0.25) is 0 Å². The molecule has 2 heterocycles. The fraction of sp³-hybridized carbons (Fsp3) is 0.429. The zero-order valence-electron chi connectivity index (χ0n) is 11.8. The molecule has 2 N–H and O–H groups in total. The maximum absolute atomic E-state index is 10.0. The third-order valence-corrected chi connectivity index (χ3v) is 3.27. The van der Waals surface area contributed by atoms with Crippen LogP contribution >= 0.6 is 11.3 Å². The van der Waals surface area contributed by atoms with Crippen molar-refractivity contribution in [2.45, 2.75) is 33.0 Å². The monoisotopic (exact) mass is 293 g/mol. The smallest absolute Gasteiger partial charge is 0.226 e. The first kappa shape index (κ1) is 14.7. The molecule has 0 amide bonds. The van der Waals surface area contributed by atoms with E-state index < -0.39 is 6.10 Å². The van der Waals surface area contributed by atoms with Crippen LogP contribution in [0.1, 0.15) is 31.2 Å². The number of thiophene rings is 1. The number of aliphatic hydroxyl groups excluding tert-OH is 1. The van der Waals surface area contributed by atoms with E-state index in [1.807, 2.05) is 37.6 Å². The van der Waals surface area contributed by atoms with E-state index in [4.69, 9.17) is 4.74 Å². The Labute approximate surface area is 122 Å². The SMILES string of the molecule is Cc1cc(OC(C)C)nc(NCC(O)c2ccsc2)n1. The minimum atomic E-state index is -0.570. The summed E-state index contributed by atoms with van der Waals surface area (Å²) in [6.45, 7) is 6.15.